The van der Waals surface area contributed by atoms with E-state index in [-0.39, 0.29) is 16.7 Å². The van der Waals surface area contributed by atoms with Gasteiger partial charge in [-0.1, -0.05) is 65.0 Å². The minimum Gasteiger partial charge on any atom is -0.507 e. The number of carbonyl (C=O) groups is 2. The lowest BCUT2D eigenvalue weighted by atomic mass is 9.85. The molecule has 1 atom stereocenters. The van der Waals surface area contributed by atoms with E-state index in [4.69, 9.17) is 4.74 Å². The van der Waals surface area contributed by atoms with Crippen LogP contribution in [0.15, 0.2) is 48.0 Å². The predicted octanol–water partition coefficient (Wildman–Crippen LogP) is 5.49. The third-order valence-electron chi connectivity index (χ3n) is 6.78. The van der Waals surface area contributed by atoms with Crippen LogP contribution >= 0.6 is 0 Å². The van der Waals surface area contributed by atoms with Gasteiger partial charge >= 0.3 is 0 Å². The number of carbonyl (C=O) groups excluding carboxylic acids is 2. The summed E-state index contributed by atoms with van der Waals surface area (Å²) < 4.78 is 5.55. The molecule has 1 fully saturated rings. The lowest BCUT2D eigenvalue weighted by Gasteiger charge is -2.26. The van der Waals surface area contributed by atoms with Crippen LogP contribution in [0.5, 0.6) is 5.75 Å². The molecule has 1 saturated heterocycles. The highest BCUT2D eigenvalue weighted by Crippen LogP contribution is 2.42. The lowest BCUT2D eigenvalue weighted by Crippen LogP contribution is -2.32. The summed E-state index contributed by atoms with van der Waals surface area (Å²) in [6.45, 7) is 11.7. The van der Waals surface area contributed by atoms with Crippen molar-refractivity contribution in [2.45, 2.75) is 58.4 Å². The number of likely N-dealkylation sites (tertiary alicyclic amines) is 1. The van der Waals surface area contributed by atoms with Crippen molar-refractivity contribution in [3.05, 3.63) is 70.3 Å². The van der Waals surface area contributed by atoms with Gasteiger partial charge in [-0.25, -0.2) is 0 Å². The van der Waals surface area contributed by atoms with Crippen LogP contribution in [-0.2, 0) is 15.0 Å². The van der Waals surface area contributed by atoms with Gasteiger partial charge in [-0.2, -0.15) is 0 Å². The molecule has 3 rings (SSSR count). The zero-order valence-corrected chi connectivity index (χ0v) is 22.9. The van der Waals surface area contributed by atoms with Gasteiger partial charge in [-0.15, -0.1) is 0 Å². The number of aliphatic hydroxyl groups is 1. The van der Waals surface area contributed by atoms with E-state index < -0.39 is 17.7 Å². The molecule has 0 bridgehead atoms. The molecular weight excluding hydrogens is 452 g/mol. The fraction of sp³-hybridized carbons (Fsp3) is 0.467. The third-order valence-corrected chi connectivity index (χ3v) is 6.78. The van der Waals surface area contributed by atoms with Crippen molar-refractivity contribution in [2.24, 2.45) is 0 Å². The fourth-order valence-electron chi connectivity index (χ4n) is 4.58. The monoisotopic (exact) mass is 492 g/mol. The van der Waals surface area contributed by atoms with Crippen LogP contribution in [0.3, 0.4) is 0 Å². The number of ether oxygens (including phenoxy) is 1. The van der Waals surface area contributed by atoms with E-state index in [0.717, 1.165) is 17.7 Å². The summed E-state index contributed by atoms with van der Waals surface area (Å²) in [5, 5.41) is 11.6. The summed E-state index contributed by atoms with van der Waals surface area (Å²) in [6, 6.07) is 12.9. The van der Waals surface area contributed by atoms with E-state index in [1.54, 1.807) is 11.0 Å². The second kappa shape index (κ2) is 10.9. The minimum atomic E-state index is -0.670. The van der Waals surface area contributed by atoms with Gasteiger partial charge in [0.1, 0.15) is 11.5 Å². The first-order valence-corrected chi connectivity index (χ1v) is 12.6. The Bertz CT molecular complexity index is 1140. The van der Waals surface area contributed by atoms with Crippen molar-refractivity contribution in [3.8, 4) is 5.75 Å². The Labute approximate surface area is 215 Å². The molecule has 1 unspecified atom stereocenters. The van der Waals surface area contributed by atoms with Crippen molar-refractivity contribution in [1.29, 1.82) is 0 Å². The van der Waals surface area contributed by atoms with Crippen molar-refractivity contribution >= 4 is 17.4 Å². The maximum absolute atomic E-state index is 13.4. The molecule has 0 spiro atoms. The number of hydrogen-bond acceptors (Lipinski definition) is 5. The minimum absolute atomic E-state index is 0.103. The summed E-state index contributed by atoms with van der Waals surface area (Å²) in [7, 11) is 5.49. The molecule has 1 aliphatic rings. The van der Waals surface area contributed by atoms with Crippen LogP contribution in [0.4, 0.5) is 0 Å². The maximum Gasteiger partial charge on any atom is 0.295 e. The van der Waals surface area contributed by atoms with Crippen LogP contribution in [-0.4, -0.2) is 60.9 Å². The van der Waals surface area contributed by atoms with E-state index in [0.29, 0.717) is 30.2 Å². The summed E-state index contributed by atoms with van der Waals surface area (Å²) in [5.41, 5.74) is 3.31. The molecule has 0 aromatic heterocycles. The Hall–Kier alpha value is -3.12. The van der Waals surface area contributed by atoms with Crippen LogP contribution in [0.25, 0.3) is 5.76 Å². The van der Waals surface area contributed by atoms with Gasteiger partial charge < -0.3 is 19.6 Å². The number of Topliss-reactive ketones (excluding diaryl/α,β-unsaturated/α-hetero) is 1. The molecule has 1 amide bonds. The number of nitrogens with zero attached hydrogens (tertiary/aromatic N) is 2. The zero-order chi connectivity index (χ0) is 26.8. The number of rotatable bonds is 8. The van der Waals surface area contributed by atoms with E-state index >= 15 is 0 Å². The molecule has 6 heteroatoms. The molecule has 1 N–H and O–H groups in total. The van der Waals surface area contributed by atoms with Crippen LogP contribution in [0.1, 0.15) is 75.3 Å². The number of hydrogen-bond donors (Lipinski definition) is 1. The molecule has 0 saturated carbocycles. The first kappa shape index (κ1) is 27.5. The van der Waals surface area contributed by atoms with Crippen LogP contribution in [0, 0.1) is 0 Å². The fourth-order valence-corrected chi connectivity index (χ4v) is 4.58. The summed E-state index contributed by atoms with van der Waals surface area (Å²) in [5.74, 6) is -0.648. The third kappa shape index (κ3) is 5.65. The molecule has 1 aliphatic heterocycles. The summed E-state index contributed by atoms with van der Waals surface area (Å²) in [4.78, 5) is 30.3. The Kier molecular flexibility index (Phi) is 8.29. The van der Waals surface area contributed by atoms with E-state index in [9.17, 15) is 14.7 Å². The van der Waals surface area contributed by atoms with Gasteiger partial charge in [0.05, 0.1) is 24.3 Å². The summed E-state index contributed by atoms with van der Waals surface area (Å²) in [6.07, 6.45) is 0.712. The highest BCUT2D eigenvalue weighted by atomic mass is 16.5. The molecule has 0 aliphatic carbocycles. The van der Waals surface area contributed by atoms with Crippen LogP contribution < -0.4 is 4.74 Å². The second-order valence-electron chi connectivity index (χ2n) is 11.1. The zero-order valence-electron chi connectivity index (χ0n) is 22.9. The molecule has 194 valence electrons. The van der Waals surface area contributed by atoms with Gasteiger partial charge in [0.15, 0.2) is 0 Å². The molecule has 2 aromatic carbocycles. The van der Waals surface area contributed by atoms with Gasteiger partial charge in [-0.05, 0) is 67.2 Å². The first-order valence-electron chi connectivity index (χ1n) is 12.6. The van der Waals surface area contributed by atoms with E-state index in [2.05, 4.69) is 34.6 Å². The van der Waals surface area contributed by atoms with Crippen molar-refractivity contribution < 1.29 is 19.4 Å². The first-order chi connectivity index (χ1) is 16.9. The SMILES string of the molecule is COc1ccc(C(C)(C)C)cc1/C(O)=C1\C(=O)C(=O)N(CCCN(C)C)C1c1ccc(C(C)C)cc1. The Morgan fingerprint density at radius 2 is 1.72 bits per heavy atom. The maximum atomic E-state index is 13.4. The standard InChI is InChI=1S/C30H40N2O4/c1-19(2)20-10-12-21(13-11-20)26-25(28(34)29(35)32(26)17-9-16-31(6)7)27(33)23-18-22(30(3,4)5)14-15-24(23)36-8/h10-15,18-19,26,33H,9,16-17H2,1-8H3/b27-25+. The normalized spacial score (nSPS) is 17.9. The highest BCUT2D eigenvalue weighted by molar-refractivity contribution is 6.46. The number of aliphatic hydroxyl groups excluding tert-OH is 1. The molecule has 6 nitrogen and oxygen atoms in total. The summed E-state index contributed by atoms with van der Waals surface area (Å²) >= 11 is 0. The Morgan fingerprint density at radius 1 is 1.08 bits per heavy atom. The molecule has 1 heterocycles. The molecule has 36 heavy (non-hydrogen) atoms. The second-order valence-corrected chi connectivity index (χ2v) is 11.1. The molecular formula is C30H40N2O4. The topological polar surface area (TPSA) is 70.1 Å². The Balaban J connectivity index is 2.20. The van der Waals surface area contributed by atoms with Gasteiger partial charge in [0.25, 0.3) is 11.7 Å². The number of methoxy groups -OCH3 is 1. The number of amides is 1. The van der Waals surface area contributed by atoms with Gasteiger partial charge in [0, 0.05) is 6.54 Å². The average Bonchev–Trinajstić information content (AvgIpc) is 3.07. The average molecular weight is 493 g/mol. The van der Waals surface area contributed by atoms with Crippen molar-refractivity contribution in [2.75, 3.05) is 34.3 Å². The largest absolute Gasteiger partial charge is 0.507 e. The van der Waals surface area contributed by atoms with E-state index in [1.807, 2.05) is 55.4 Å². The highest BCUT2D eigenvalue weighted by Gasteiger charge is 2.46. The van der Waals surface area contributed by atoms with Crippen molar-refractivity contribution in [3.63, 3.8) is 0 Å². The lowest BCUT2D eigenvalue weighted by molar-refractivity contribution is -0.139. The predicted molar refractivity (Wildman–Crippen MR) is 144 cm³/mol. The Morgan fingerprint density at radius 3 is 2.25 bits per heavy atom. The van der Waals surface area contributed by atoms with Crippen LogP contribution in [0.2, 0.25) is 0 Å². The molecule has 2 aromatic rings. The quantitative estimate of drug-likeness (QED) is 0.300. The van der Waals surface area contributed by atoms with Gasteiger partial charge in [-0.3, -0.25) is 9.59 Å². The smallest absolute Gasteiger partial charge is 0.295 e. The number of benzene rings is 2. The van der Waals surface area contributed by atoms with E-state index in [1.165, 1.54) is 12.7 Å². The molecule has 0 radical (unpaired) electrons. The number of ketones is 1. The van der Waals surface area contributed by atoms with Crippen molar-refractivity contribution in [1.82, 2.24) is 9.80 Å². The van der Waals surface area contributed by atoms with Gasteiger partial charge in [0.2, 0.25) is 0 Å².